The second-order valence-corrected chi connectivity index (χ2v) is 20.0. The van der Waals surface area contributed by atoms with Crippen LogP contribution in [0.5, 0.6) is 23.0 Å². The summed E-state index contributed by atoms with van der Waals surface area (Å²) in [5, 5.41) is 33.9. The van der Waals surface area contributed by atoms with Crippen molar-refractivity contribution in [2.24, 2.45) is 0 Å². The Bertz CT molecular complexity index is 2540. The molecule has 25 heteroatoms. The van der Waals surface area contributed by atoms with E-state index < -0.39 is 128 Å². The molecule has 0 aromatic heterocycles. The summed E-state index contributed by atoms with van der Waals surface area (Å²) in [5.41, 5.74) is 0. The molecule has 0 saturated carbocycles. The van der Waals surface area contributed by atoms with Gasteiger partial charge in [0.05, 0.1) is 58.7 Å². The van der Waals surface area contributed by atoms with Gasteiger partial charge < -0.3 is 20.1 Å². The monoisotopic (exact) mass is 870 g/mol. The van der Waals surface area contributed by atoms with Gasteiger partial charge in [0.1, 0.15) is 17.2 Å². The van der Waals surface area contributed by atoms with E-state index in [0.29, 0.717) is 66.0 Å². The average Bonchev–Trinajstić information content (AvgIpc) is 3.01. The highest BCUT2D eigenvalue weighted by molar-refractivity contribution is 8.01. The van der Waals surface area contributed by atoms with E-state index in [9.17, 15) is 72.0 Å². The van der Waals surface area contributed by atoms with Crippen LogP contribution in [0.3, 0.4) is 0 Å². The van der Waals surface area contributed by atoms with E-state index in [1.54, 1.807) is 0 Å². The van der Waals surface area contributed by atoms with Gasteiger partial charge in [-0.05, 0) is 48.5 Å². The number of hydrogen-bond donors (Lipinski definition) is 7. The lowest BCUT2D eigenvalue weighted by atomic mass is 10.3. The van der Waals surface area contributed by atoms with E-state index in [1.807, 2.05) is 0 Å². The molecule has 0 saturated heterocycles. The normalized spacial score (nSPS) is 13.7. The average molecular weight is 871 g/mol. The first-order valence-corrected chi connectivity index (χ1v) is 22.1. The molecule has 5 rings (SSSR count). The number of benzene rings is 4. The van der Waals surface area contributed by atoms with Crippen LogP contribution in [0.15, 0.2) is 120 Å². The molecule has 0 fully saturated rings. The zero-order valence-corrected chi connectivity index (χ0v) is 31.4. The van der Waals surface area contributed by atoms with Crippen molar-refractivity contribution in [3.63, 3.8) is 0 Å². The summed E-state index contributed by atoms with van der Waals surface area (Å²) in [5.74, 6) is -4.20. The molecule has 0 amide bonds. The van der Waals surface area contributed by atoms with Crippen molar-refractivity contribution in [1.82, 2.24) is 0 Å². The van der Waals surface area contributed by atoms with Gasteiger partial charge in [0.15, 0.2) is 5.75 Å². The summed E-state index contributed by atoms with van der Waals surface area (Å²) in [6.07, 6.45) is 0.684. The molecule has 0 unspecified atom stereocenters. The van der Waals surface area contributed by atoms with Gasteiger partial charge in [-0.1, -0.05) is 53.6 Å². The number of carbonyl (C=O) groups excluding carboxylic acids is 1. The van der Waals surface area contributed by atoms with Crippen molar-refractivity contribution < 1.29 is 76.7 Å². The van der Waals surface area contributed by atoms with E-state index in [0.717, 1.165) is 12.1 Å². The number of hydrogen-bond acceptors (Lipinski definition) is 17. The Hall–Kier alpha value is -3.47. The number of rotatable bonds is 6. The number of carbonyl (C=O) groups is 1. The van der Waals surface area contributed by atoms with Crippen LogP contribution in [0, 0.1) is 0 Å². The van der Waals surface area contributed by atoms with E-state index in [1.165, 1.54) is 0 Å². The van der Waals surface area contributed by atoms with Crippen molar-refractivity contribution in [1.29, 1.82) is 0 Å². The van der Waals surface area contributed by atoms with Crippen LogP contribution in [0.4, 0.5) is 0 Å². The molecule has 7 N–H and O–H groups in total. The molecule has 4 aromatic carbocycles. The molecule has 0 aliphatic carbocycles. The van der Waals surface area contributed by atoms with Gasteiger partial charge in [-0.3, -0.25) is 18.2 Å². The number of fused-ring (bicyclic) bond motifs is 8. The quantitative estimate of drug-likeness (QED) is 0.0521. The van der Waals surface area contributed by atoms with Gasteiger partial charge in [0.2, 0.25) is 0 Å². The maximum Gasteiger partial charge on any atom is 0.335 e. The minimum Gasteiger partial charge on any atom is -0.506 e. The molecule has 52 heavy (non-hydrogen) atoms. The standard InChI is InChI=1S/C27H18O17S8/c1-2-23(28)44-27-21-9-14(52(41,42)43)10-22(27)48-20-8-13(51(38,39)40)6-18(26(20)31)46-16-4-11(49(32,33)34)3-15(24(16)29)45-17-5-12(50(35,36)37)7-19(47-21)25(17)30/h2-10,29-31H,1H2,(H,32,33,34)(H,35,36,37)(H,38,39,40)(H,41,42,43). The van der Waals surface area contributed by atoms with E-state index in [4.69, 9.17) is 4.74 Å². The summed E-state index contributed by atoms with van der Waals surface area (Å²) in [6.45, 7) is 3.28. The lowest BCUT2D eigenvalue weighted by Crippen LogP contribution is -2.07. The third kappa shape index (κ3) is 8.50. The summed E-state index contributed by atoms with van der Waals surface area (Å²) in [6, 6.07) is 5.70. The Labute approximate surface area is 311 Å². The highest BCUT2D eigenvalue weighted by Crippen LogP contribution is 2.54. The van der Waals surface area contributed by atoms with Gasteiger partial charge in [-0.15, -0.1) is 0 Å². The number of ether oxygens (including phenoxy) is 1. The van der Waals surface area contributed by atoms with Gasteiger partial charge in [-0.2, -0.15) is 33.7 Å². The largest absolute Gasteiger partial charge is 0.506 e. The van der Waals surface area contributed by atoms with Gasteiger partial charge in [0.25, 0.3) is 40.5 Å². The summed E-state index contributed by atoms with van der Waals surface area (Å²) >= 11 is 1.18. The van der Waals surface area contributed by atoms with E-state index >= 15 is 0 Å². The molecular weight excluding hydrogens is 853 g/mol. The van der Waals surface area contributed by atoms with E-state index in [-0.39, 0.29) is 23.5 Å². The Balaban J connectivity index is 1.98. The fraction of sp³-hybridized carbons (Fsp3) is 0. The molecule has 8 bridgehead atoms. The second kappa shape index (κ2) is 14.1. The molecule has 4 aromatic rings. The molecule has 276 valence electrons. The first kappa shape index (κ1) is 39.7. The first-order chi connectivity index (χ1) is 23.9. The highest BCUT2D eigenvalue weighted by atomic mass is 32.2. The predicted molar refractivity (Wildman–Crippen MR) is 182 cm³/mol. The minimum atomic E-state index is -5.13. The Morgan fingerprint density at radius 1 is 0.481 bits per heavy atom. The van der Waals surface area contributed by atoms with Gasteiger partial charge >= 0.3 is 5.97 Å². The van der Waals surface area contributed by atoms with Gasteiger partial charge in [0, 0.05) is 6.08 Å². The molecule has 1 heterocycles. The predicted octanol–water partition coefficient (Wildman–Crippen LogP) is 4.80. The van der Waals surface area contributed by atoms with Crippen molar-refractivity contribution in [2.45, 2.75) is 58.7 Å². The van der Waals surface area contributed by atoms with Crippen molar-refractivity contribution in [3.05, 3.63) is 61.2 Å². The first-order valence-electron chi connectivity index (χ1n) is 13.1. The van der Waals surface area contributed by atoms with Crippen molar-refractivity contribution >= 4 is 93.5 Å². The zero-order chi connectivity index (χ0) is 38.7. The molecule has 1 aliphatic heterocycles. The van der Waals surface area contributed by atoms with Crippen molar-refractivity contribution in [2.75, 3.05) is 0 Å². The maximum absolute atomic E-state index is 12.5. The molecule has 0 spiro atoms. The number of esters is 1. The Kier molecular flexibility index (Phi) is 10.7. The highest BCUT2D eigenvalue weighted by Gasteiger charge is 2.29. The van der Waals surface area contributed by atoms with Crippen LogP contribution in [0.1, 0.15) is 0 Å². The third-order valence-corrected chi connectivity index (χ3v) is 14.0. The number of aromatic hydroxyl groups is 3. The summed E-state index contributed by atoms with van der Waals surface area (Å²) in [7, 11) is -20.4. The van der Waals surface area contributed by atoms with Crippen LogP contribution in [0.25, 0.3) is 0 Å². The lowest BCUT2D eigenvalue weighted by Gasteiger charge is -2.19. The third-order valence-electron chi connectivity index (χ3n) is 6.48. The number of phenols is 3. The van der Waals surface area contributed by atoms with Crippen LogP contribution in [0.2, 0.25) is 0 Å². The molecule has 17 nitrogen and oxygen atoms in total. The smallest absolute Gasteiger partial charge is 0.335 e. The van der Waals surface area contributed by atoms with Gasteiger partial charge in [-0.25, -0.2) is 4.79 Å². The lowest BCUT2D eigenvalue weighted by molar-refractivity contribution is -0.129. The topological polar surface area (TPSA) is 304 Å². The van der Waals surface area contributed by atoms with Crippen LogP contribution in [-0.4, -0.2) is 73.2 Å². The fourth-order valence-electron chi connectivity index (χ4n) is 4.16. The Morgan fingerprint density at radius 2 is 0.692 bits per heavy atom. The molecule has 1 aliphatic rings. The minimum absolute atomic E-state index is 0.288. The summed E-state index contributed by atoms with van der Waals surface area (Å²) in [4.78, 5) is 5.00. The molecular formula is C27H18O17S8. The van der Waals surface area contributed by atoms with Crippen molar-refractivity contribution in [3.8, 4) is 23.0 Å². The Morgan fingerprint density at radius 3 is 0.904 bits per heavy atom. The van der Waals surface area contributed by atoms with Crippen LogP contribution in [-0.2, 0) is 45.3 Å². The molecule has 0 atom stereocenters. The number of phenolic OH excluding ortho intramolecular Hbond substituents is 3. The fourth-order valence-corrected chi connectivity index (χ4v) is 11.3. The van der Waals surface area contributed by atoms with Crippen LogP contribution < -0.4 is 4.74 Å². The van der Waals surface area contributed by atoms with Crippen LogP contribution >= 0.6 is 47.0 Å². The SMILES string of the molecule is C=CC(=O)Oc1c2cc(S(=O)(=O)O)cc1Sc1cc(S(=O)(=O)O)cc(c1O)Sc1cc(S(=O)(=O)O)cc(c1O)Sc1cc(S(=O)(=O)O)cc(c1O)S2. The zero-order valence-electron chi connectivity index (χ0n) is 24.9. The van der Waals surface area contributed by atoms with E-state index in [2.05, 4.69) is 6.58 Å². The second-order valence-electron chi connectivity index (χ2n) is 9.99. The molecule has 0 radical (unpaired) electrons. The maximum atomic E-state index is 12.5. The summed E-state index contributed by atoms with van der Waals surface area (Å²) < 4.78 is 144.